The Bertz CT molecular complexity index is 1790. The molecule has 6 aromatic carbocycles. The molecule has 0 aromatic heterocycles. The molecule has 48 heavy (non-hydrogen) atoms. The normalized spacial score (nSPS) is 10.0. The number of phenolic OH excluding ortho intramolecular Hbond substituents is 6. The zero-order valence-corrected chi connectivity index (χ0v) is 25.3. The van der Waals surface area contributed by atoms with E-state index in [0.717, 1.165) is 18.2 Å². The molecular formula is C39H30O9. The van der Waals surface area contributed by atoms with Gasteiger partial charge in [0.05, 0.1) is 16.7 Å². The number of hydrogen-bond donors (Lipinski definition) is 6. The molecule has 0 aliphatic rings. The van der Waals surface area contributed by atoms with Gasteiger partial charge in [-0.1, -0.05) is 91.0 Å². The number of phenols is 6. The second kappa shape index (κ2) is 15.9. The molecule has 0 saturated heterocycles. The lowest BCUT2D eigenvalue weighted by Gasteiger charge is -2.04. The molecule has 0 atom stereocenters. The van der Waals surface area contributed by atoms with Crippen LogP contribution in [0.4, 0.5) is 0 Å². The number of aromatic hydroxyl groups is 6. The number of carbonyl (C=O) groups excluding carboxylic acids is 3. The number of ketones is 3. The maximum atomic E-state index is 11.9. The van der Waals surface area contributed by atoms with E-state index in [1.165, 1.54) is 36.4 Å². The van der Waals surface area contributed by atoms with Crippen LogP contribution in [0, 0.1) is 0 Å². The highest BCUT2D eigenvalue weighted by atomic mass is 16.3. The van der Waals surface area contributed by atoms with E-state index in [9.17, 15) is 29.7 Å². The fourth-order valence-electron chi connectivity index (χ4n) is 4.37. The predicted molar refractivity (Wildman–Crippen MR) is 179 cm³/mol. The Morgan fingerprint density at radius 2 is 0.542 bits per heavy atom. The second-order valence-corrected chi connectivity index (χ2v) is 10.2. The molecule has 6 N–H and O–H groups in total. The molecule has 0 unspecified atom stereocenters. The van der Waals surface area contributed by atoms with Crippen molar-refractivity contribution in [1.29, 1.82) is 0 Å². The first kappa shape index (κ1) is 34.0. The van der Waals surface area contributed by atoms with E-state index in [2.05, 4.69) is 0 Å². The SMILES string of the molecule is O=C(c1ccccc1)c1ccc(O)cc1O.O=C(c1ccccc1)c1ccc(O)cc1O.O=C(c1ccccc1)c1ccc(O)cc1O. The summed E-state index contributed by atoms with van der Waals surface area (Å²) in [4.78, 5) is 35.8. The first-order valence-corrected chi connectivity index (χ1v) is 14.4. The minimum absolute atomic E-state index is 0.0675. The Balaban J connectivity index is 0.000000163. The molecule has 0 amide bonds. The topological polar surface area (TPSA) is 173 Å². The van der Waals surface area contributed by atoms with Gasteiger partial charge in [-0.3, -0.25) is 14.4 Å². The molecule has 9 heteroatoms. The molecule has 0 bridgehead atoms. The lowest BCUT2D eigenvalue weighted by molar-refractivity contribution is 0.102. The zero-order valence-electron chi connectivity index (χ0n) is 25.3. The highest BCUT2D eigenvalue weighted by Crippen LogP contribution is 2.27. The largest absolute Gasteiger partial charge is 0.508 e. The van der Waals surface area contributed by atoms with E-state index in [-0.39, 0.29) is 68.5 Å². The maximum Gasteiger partial charge on any atom is 0.196 e. The Morgan fingerprint density at radius 1 is 0.312 bits per heavy atom. The van der Waals surface area contributed by atoms with Gasteiger partial charge in [0, 0.05) is 34.9 Å². The van der Waals surface area contributed by atoms with Gasteiger partial charge < -0.3 is 30.6 Å². The molecule has 0 saturated carbocycles. The van der Waals surface area contributed by atoms with Crippen LogP contribution in [0.2, 0.25) is 0 Å². The second-order valence-electron chi connectivity index (χ2n) is 10.2. The van der Waals surface area contributed by atoms with Crippen LogP contribution in [0.1, 0.15) is 47.8 Å². The van der Waals surface area contributed by atoms with Gasteiger partial charge in [0.25, 0.3) is 0 Å². The molecule has 240 valence electrons. The van der Waals surface area contributed by atoms with Crippen molar-refractivity contribution < 1.29 is 45.0 Å². The van der Waals surface area contributed by atoms with Crippen LogP contribution in [0.25, 0.3) is 0 Å². The maximum absolute atomic E-state index is 11.9. The number of hydrogen-bond acceptors (Lipinski definition) is 9. The Kier molecular flexibility index (Phi) is 11.3. The Morgan fingerprint density at radius 3 is 0.750 bits per heavy atom. The monoisotopic (exact) mass is 642 g/mol. The van der Waals surface area contributed by atoms with Gasteiger partial charge in [-0.05, 0) is 36.4 Å². The van der Waals surface area contributed by atoms with E-state index < -0.39 is 0 Å². The summed E-state index contributed by atoms with van der Waals surface area (Å²) in [5.74, 6) is -1.64. The summed E-state index contributed by atoms with van der Waals surface area (Å²) in [5, 5.41) is 56.0. The van der Waals surface area contributed by atoms with Crippen molar-refractivity contribution in [2.75, 3.05) is 0 Å². The molecule has 0 fully saturated rings. The predicted octanol–water partition coefficient (Wildman–Crippen LogP) is 6.99. The van der Waals surface area contributed by atoms with Crippen LogP contribution in [0.15, 0.2) is 146 Å². The van der Waals surface area contributed by atoms with E-state index >= 15 is 0 Å². The number of benzene rings is 6. The van der Waals surface area contributed by atoms with Crippen molar-refractivity contribution in [3.8, 4) is 34.5 Å². The molecule has 6 rings (SSSR count). The summed E-state index contributed by atoms with van der Waals surface area (Å²) in [7, 11) is 0. The Labute approximate surface area is 275 Å². The van der Waals surface area contributed by atoms with Gasteiger partial charge in [0.2, 0.25) is 0 Å². The number of carbonyl (C=O) groups is 3. The third-order valence-electron chi connectivity index (χ3n) is 6.79. The first-order chi connectivity index (χ1) is 23.0. The van der Waals surface area contributed by atoms with E-state index in [1.54, 1.807) is 72.8 Å². The van der Waals surface area contributed by atoms with Crippen LogP contribution in [-0.2, 0) is 0 Å². The summed E-state index contributed by atoms with van der Waals surface area (Å²) >= 11 is 0. The summed E-state index contributed by atoms with van der Waals surface area (Å²) in [6.45, 7) is 0. The van der Waals surface area contributed by atoms with Gasteiger partial charge in [0.15, 0.2) is 17.3 Å². The molecule has 9 nitrogen and oxygen atoms in total. The smallest absolute Gasteiger partial charge is 0.196 e. The lowest BCUT2D eigenvalue weighted by atomic mass is 10.0. The zero-order chi connectivity index (χ0) is 34.6. The van der Waals surface area contributed by atoms with Crippen molar-refractivity contribution in [3.05, 3.63) is 179 Å². The van der Waals surface area contributed by atoms with Crippen molar-refractivity contribution in [2.45, 2.75) is 0 Å². The van der Waals surface area contributed by atoms with E-state index in [4.69, 9.17) is 15.3 Å². The van der Waals surface area contributed by atoms with Crippen molar-refractivity contribution in [3.63, 3.8) is 0 Å². The van der Waals surface area contributed by atoms with Crippen LogP contribution in [-0.4, -0.2) is 48.0 Å². The summed E-state index contributed by atoms with van der Waals surface area (Å²) in [6, 6.07) is 37.8. The van der Waals surface area contributed by atoms with Crippen LogP contribution in [0.5, 0.6) is 34.5 Å². The van der Waals surface area contributed by atoms with Crippen LogP contribution >= 0.6 is 0 Å². The first-order valence-electron chi connectivity index (χ1n) is 14.4. The highest BCUT2D eigenvalue weighted by molar-refractivity contribution is 6.12. The third kappa shape index (κ3) is 8.86. The van der Waals surface area contributed by atoms with Crippen LogP contribution < -0.4 is 0 Å². The molecule has 0 heterocycles. The van der Waals surface area contributed by atoms with E-state index in [1.807, 2.05) is 18.2 Å². The van der Waals surface area contributed by atoms with E-state index in [0.29, 0.717) is 16.7 Å². The summed E-state index contributed by atoms with van der Waals surface area (Å²) in [5.41, 5.74) is 2.06. The van der Waals surface area contributed by atoms with Gasteiger partial charge in [-0.25, -0.2) is 0 Å². The highest BCUT2D eigenvalue weighted by Gasteiger charge is 2.15. The van der Waals surface area contributed by atoms with Gasteiger partial charge in [0.1, 0.15) is 34.5 Å². The molecule has 6 aromatic rings. The summed E-state index contributed by atoms with van der Waals surface area (Å²) < 4.78 is 0. The quantitative estimate of drug-likeness (QED) is 0.105. The summed E-state index contributed by atoms with van der Waals surface area (Å²) in [6.07, 6.45) is 0. The van der Waals surface area contributed by atoms with Crippen molar-refractivity contribution in [2.24, 2.45) is 0 Å². The fourth-order valence-corrected chi connectivity index (χ4v) is 4.37. The Hall–Kier alpha value is -6.87. The third-order valence-corrected chi connectivity index (χ3v) is 6.79. The fraction of sp³-hybridized carbons (Fsp3) is 0. The molecular weight excluding hydrogens is 612 g/mol. The number of rotatable bonds is 6. The van der Waals surface area contributed by atoms with Crippen molar-refractivity contribution >= 4 is 17.3 Å². The molecule has 0 radical (unpaired) electrons. The minimum Gasteiger partial charge on any atom is -0.508 e. The van der Waals surface area contributed by atoms with Crippen molar-refractivity contribution in [1.82, 2.24) is 0 Å². The minimum atomic E-state index is -0.266. The van der Waals surface area contributed by atoms with Gasteiger partial charge in [-0.15, -0.1) is 0 Å². The van der Waals surface area contributed by atoms with Gasteiger partial charge in [-0.2, -0.15) is 0 Å². The molecule has 0 aliphatic heterocycles. The standard InChI is InChI=1S/3C13H10O3/c3*14-10-6-7-11(12(15)8-10)13(16)9-4-2-1-3-5-9/h3*1-8,14-15H. The molecule has 0 spiro atoms. The average molecular weight is 643 g/mol. The lowest BCUT2D eigenvalue weighted by Crippen LogP contribution is -2.00. The van der Waals surface area contributed by atoms with Crippen LogP contribution in [0.3, 0.4) is 0 Å². The average Bonchev–Trinajstić information content (AvgIpc) is 3.09. The van der Waals surface area contributed by atoms with Gasteiger partial charge >= 0.3 is 0 Å². The molecule has 0 aliphatic carbocycles.